The van der Waals surface area contributed by atoms with E-state index >= 15 is 0 Å². The number of pyridine rings is 1. The quantitative estimate of drug-likeness (QED) is 0.506. The minimum absolute atomic E-state index is 0.0743. The fourth-order valence-corrected chi connectivity index (χ4v) is 2.42. The van der Waals surface area contributed by atoms with Crippen molar-refractivity contribution in [1.82, 2.24) is 10.3 Å². The highest BCUT2D eigenvalue weighted by molar-refractivity contribution is 5.94. The van der Waals surface area contributed by atoms with Crippen LogP contribution in [0, 0.1) is 17.0 Å². The number of carbonyl (C=O) groups is 1. The Morgan fingerprint density at radius 3 is 2.85 bits per heavy atom. The van der Waals surface area contributed by atoms with E-state index in [1.54, 1.807) is 55.7 Å². The van der Waals surface area contributed by atoms with Crippen molar-refractivity contribution in [3.8, 4) is 5.75 Å². The lowest BCUT2D eigenvalue weighted by molar-refractivity contribution is -0.390. The van der Waals surface area contributed by atoms with Crippen molar-refractivity contribution in [3.05, 3.63) is 87.5 Å². The molecule has 1 aromatic carbocycles. The summed E-state index contributed by atoms with van der Waals surface area (Å²) in [6, 6.07) is 13.5. The van der Waals surface area contributed by atoms with Gasteiger partial charge in [-0.3, -0.25) is 4.79 Å². The van der Waals surface area contributed by atoms with Crippen LogP contribution in [0.5, 0.6) is 5.75 Å². The number of hydrogen-bond donors (Lipinski definition) is 1. The summed E-state index contributed by atoms with van der Waals surface area (Å²) in [7, 11) is 0. The SMILES string of the molecule is Cc1ccc(OCc2cccc(C(=O)NCc3ccco3)c2)c([N+](=O)[O-])n1. The van der Waals surface area contributed by atoms with Crippen molar-refractivity contribution in [1.29, 1.82) is 0 Å². The number of nitro groups is 1. The Kier molecular flexibility index (Phi) is 5.46. The Hall–Kier alpha value is -3.68. The molecule has 1 N–H and O–H groups in total. The summed E-state index contributed by atoms with van der Waals surface area (Å²) in [5.41, 5.74) is 1.69. The molecule has 0 aliphatic carbocycles. The van der Waals surface area contributed by atoms with Crippen LogP contribution in [-0.2, 0) is 13.2 Å². The van der Waals surface area contributed by atoms with Crippen LogP contribution in [0.25, 0.3) is 0 Å². The van der Waals surface area contributed by atoms with E-state index in [1.165, 1.54) is 6.07 Å². The monoisotopic (exact) mass is 367 g/mol. The van der Waals surface area contributed by atoms with Crippen LogP contribution >= 0.6 is 0 Å². The second-order valence-electron chi connectivity index (χ2n) is 5.78. The van der Waals surface area contributed by atoms with Gasteiger partial charge in [0.25, 0.3) is 5.91 Å². The summed E-state index contributed by atoms with van der Waals surface area (Å²) in [6.07, 6.45) is 1.54. The Morgan fingerprint density at radius 2 is 2.11 bits per heavy atom. The first-order valence-electron chi connectivity index (χ1n) is 8.17. The minimum Gasteiger partial charge on any atom is -0.481 e. The van der Waals surface area contributed by atoms with E-state index in [2.05, 4.69) is 10.3 Å². The highest BCUT2D eigenvalue weighted by Gasteiger charge is 2.17. The molecule has 8 nitrogen and oxygen atoms in total. The van der Waals surface area contributed by atoms with Crippen molar-refractivity contribution in [2.75, 3.05) is 0 Å². The first kappa shape index (κ1) is 18.1. The third-order valence-electron chi connectivity index (χ3n) is 3.74. The predicted octanol–water partition coefficient (Wildman–Crippen LogP) is 3.40. The van der Waals surface area contributed by atoms with Gasteiger partial charge in [0.15, 0.2) is 0 Å². The van der Waals surface area contributed by atoms with Crippen LogP contribution in [0.15, 0.2) is 59.2 Å². The van der Waals surface area contributed by atoms with Gasteiger partial charge >= 0.3 is 5.82 Å². The molecular formula is C19H17N3O5. The van der Waals surface area contributed by atoms with Crippen LogP contribution in [0.3, 0.4) is 0 Å². The molecule has 2 heterocycles. The lowest BCUT2D eigenvalue weighted by atomic mass is 10.1. The molecule has 0 bridgehead atoms. The van der Waals surface area contributed by atoms with E-state index in [-0.39, 0.29) is 30.6 Å². The zero-order valence-electron chi connectivity index (χ0n) is 14.5. The van der Waals surface area contributed by atoms with Gasteiger partial charge in [0.05, 0.1) is 12.8 Å². The number of carbonyl (C=O) groups excluding carboxylic acids is 1. The molecular weight excluding hydrogens is 350 g/mol. The number of aryl methyl sites for hydroxylation is 1. The van der Waals surface area contributed by atoms with E-state index < -0.39 is 4.92 Å². The summed E-state index contributed by atoms with van der Waals surface area (Å²) in [5.74, 6) is 0.152. The molecule has 0 atom stereocenters. The van der Waals surface area contributed by atoms with Crippen LogP contribution in [0.1, 0.15) is 27.4 Å². The Balaban J connectivity index is 1.66. The van der Waals surface area contributed by atoms with E-state index in [0.717, 1.165) is 0 Å². The summed E-state index contributed by atoms with van der Waals surface area (Å²) in [5, 5.41) is 13.9. The first-order chi connectivity index (χ1) is 13.0. The maximum absolute atomic E-state index is 12.3. The van der Waals surface area contributed by atoms with Gasteiger partial charge in [0.1, 0.15) is 18.1 Å². The summed E-state index contributed by atoms with van der Waals surface area (Å²) < 4.78 is 10.7. The fourth-order valence-electron chi connectivity index (χ4n) is 2.42. The summed E-state index contributed by atoms with van der Waals surface area (Å²) in [4.78, 5) is 26.7. The van der Waals surface area contributed by atoms with Crippen LogP contribution in [-0.4, -0.2) is 15.8 Å². The largest absolute Gasteiger partial charge is 0.481 e. The fraction of sp³-hybridized carbons (Fsp3) is 0.158. The molecule has 0 saturated heterocycles. The lowest BCUT2D eigenvalue weighted by Gasteiger charge is -2.08. The topological polar surface area (TPSA) is 108 Å². The molecule has 0 aliphatic rings. The van der Waals surface area contributed by atoms with Crippen LogP contribution < -0.4 is 10.1 Å². The van der Waals surface area contributed by atoms with E-state index in [0.29, 0.717) is 22.6 Å². The number of amides is 1. The second-order valence-corrected chi connectivity index (χ2v) is 5.78. The molecule has 0 aliphatic heterocycles. The number of nitrogens with one attached hydrogen (secondary N) is 1. The molecule has 1 amide bonds. The van der Waals surface area contributed by atoms with Gasteiger partial charge in [-0.25, -0.2) is 0 Å². The number of furan rings is 1. The van der Waals surface area contributed by atoms with Crippen molar-refractivity contribution < 1.29 is 18.9 Å². The molecule has 0 fully saturated rings. The zero-order chi connectivity index (χ0) is 19.2. The number of nitrogens with zero attached hydrogens (tertiary/aromatic N) is 2. The van der Waals surface area contributed by atoms with E-state index in [4.69, 9.17) is 9.15 Å². The molecule has 0 radical (unpaired) electrons. The van der Waals surface area contributed by atoms with Gasteiger partial charge in [-0.2, -0.15) is 0 Å². The second kappa shape index (κ2) is 8.13. The van der Waals surface area contributed by atoms with Crippen LogP contribution in [0.4, 0.5) is 5.82 Å². The Bertz CT molecular complexity index is 954. The highest BCUT2D eigenvalue weighted by Crippen LogP contribution is 2.25. The molecule has 138 valence electrons. The van der Waals surface area contributed by atoms with Gasteiger partial charge in [0.2, 0.25) is 5.75 Å². The minimum atomic E-state index is -0.583. The van der Waals surface area contributed by atoms with Crippen molar-refractivity contribution in [2.24, 2.45) is 0 Å². The number of aromatic nitrogens is 1. The number of rotatable bonds is 7. The molecule has 2 aromatic heterocycles. The number of hydrogen-bond acceptors (Lipinski definition) is 6. The van der Waals surface area contributed by atoms with Gasteiger partial charge in [-0.1, -0.05) is 12.1 Å². The molecule has 0 unspecified atom stereocenters. The first-order valence-corrected chi connectivity index (χ1v) is 8.17. The number of ether oxygens (including phenoxy) is 1. The smallest absolute Gasteiger partial charge is 0.406 e. The van der Waals surface area contributed by atoms with Crippen molar-refractivity contribution in [3.63, 3.8) is 0 Å². The summed E-state index contributed by atoms with van der Waals surface area (Å²) >= 11 is 0. The molecule has 3 rings (SSSR count). The molecule has 8 heteroatoms. The maximum atomic E-state index is 12.3. The van der Waals surface area contributed by atoms with Crippen molar-refractivity contribution in [2.45, 2.75) is 20.1 Å². The van der Waals surface area contributed by atoms with Gasteiger partial charge < -0.3 is 24.6 Å². The molecule has 0 saturated carbocycles. The Morgan fingerprint density at radius 1 is 1.26 bits per heavy atom. The average Bonchev–Trinajstić information content (AvgIpc) is 3.19. The zero-order valence-corrected chi connectivity index (χ0v) is 14.5. The van der Waals surface area contributed by atoms with E-state index in [9.17, 15) is 14.9 Å². The van der Waals surface area contributed by atoms with Gasteiger partial charge in [-0.15, -0.1) is 0 Å². The molecule has 0 spiro atoms. The summed E-state index contributed by atoms with van der Waals surface area (Å²) in [6.45, 7) is 2.03. The lowest BCUT2D eigenvalue weighted by Crippen LogP contribution is -2.22. The highest BCUT2D eigenvalue weighted by atomic mass is 16.6. The molecule has 27 heavy (non-hydrogen) atoms. The van der Waals surface area contributed by atoms with Crippen LogP contribution in [0.2, 0.25) is 0 Å². The predicted molar refractivity (Wildman–Crippen MR) is 96.3 cm³/mol. The third-order valence-corrected chi connectivity index (χ3v) is 3.74. The van der Waals surface area contributed by atoms with E-state index in [1.807, 2.05) is 0 Å². The Labute approximate surface area is 154 Å². The number of benzene rings is 1. The standard InChI is InChI=1S/C19H17N3O5/c1-13-7-8-17(18(21-13)22(24)25)27-12-14-4-2-5-15(10-14)19(23)20-11-16-6-3-9-26-16/h2-10H,11-12H2,1H3,(H,20,23). The maximum Gasteiger partial charge on any atom is 0.406 e. The third kappa shape index (κ3) is 4.69. The van der Waals surface area contributed by atoms with Gasteiger partial charge in [-0.05, 0) is 51.9 Å². The van der Waals surface area contributed by atoms with Crippen molar-refractivity contribution >= 4 is 11.7 Å². The molecule has 3 aromatic rings. The normalized spacial score (nSPS) is 10.4. The van der Waals surface area contributed by atoms with Gasteiger partial charge in [0, 0.05) is 12.5 Å². The average molecular weight is 367 g/mol.